The number of fused-ring (bicyclic) bond motifs is 1. The molecular weight excluding hydrogens is 232 g/mol. The van der Waals surface area contributed by atoms with E-state index in [0.717, 1.165) is 17.1 Å². The molecule has 0 fully saturated rings. The van der Waals surface area contributed by atoms with Gasteiger partial charge in [-0.25, -0.2) is 4.98 Å². The Bertz CT molecular complexity index is 448. The highest BCUT2D eigenvalue weighted by atomic mass is 32.1. The van der Waals surface area contributed by atoms with Crippen LogP contribution in [0, 0.1) is 5.92 Å². The van der Waals surface area contributed by atoms with Gasteiger partial charge in [-0.2, -0.15) is 5.48 Å². The van der Waals surface area contributed by atoms with E-state index in [2.05, 4.69) is 37.3 Å². The number of aromatic nitrogens is 1. The number of benzene rings is 1. The Hall–Kier alpha value is -0.970. The van der Waals surface area contributed by atoms with Crippen LogP contribution in [-0.4, -0.2) is 11.6 Å². The predicted molar refractivity (Wildman–Crippen MR) is 72.0 cm³/mol. The Morgan fingerprint density at radius 3 is 2.76 bits per heavy atom. The molecule has 0 aliphatic heterocycles. The monoisotopic (exact) mass is 250 g/mol. The molecule has 92 valence electrons. The van der Waals surface area contributed by atoms with Gasteiger partial charge in [0, 0.05) is 0 Å². The molecule has 2 aromatic rings. The third-order valence-electron chi connectivity index (χ3n) is 2.36. The van der Waals surface area contributed by atoms with E-state index in [1.807, 2.05) is 18.2 Å². The van der Waals surface area contributed by atoms with Gasteiger partial charge in [0.15, 0.2) is 0 Å². The minimum absolute atomic E-state index is 0.131. The molecule has 4 heteroatoms. The van der Waals surface area contributed by atoms with Crippen LogP contribution >= 0.6 is 11.3 Å². The zero-order valence-corrected chi connectivity index (χ0v) is 11.3. The molecule has 1 aromatic heterocycles. The topological polar surface area (TPSA) is 34.1 Å². The van der Waals surface area contributed by atoms with Gasteiger partial charge in [0.25, 0.3) is 0 Å². The van der Waals surface area contributed by atoms with E-state index in [-0.39, 0.29) is 6.04 Å². The van der Waals surface area contributed by atoms with Gasteiger partial charge in [-0.1, -0.05) is 26.0 Å². The molecule has 0 amide bonds. The first-order valence-electron chi connectivity index (χ1n) is 5.89. The Labute approximate surface area is 106 Å². The maximum absolute atomic E-state index is 5.42. The number of hydroxylamine groups is 1. The van der Waals surface area contributed by atoms with Crippen molar-refractivity contribution in [2.24, 2.45) is 5.92 Å². The fourth-order valence-electron chi connectivity index (χ4n) is 1.47. The van der Waals surface area contributed by atoms with Crippen molar-refractivity contribution in [2.45, 2.75) is 26.8 Å². The molecule has 2 rings (SSSR count). The van der Waals surface area contributed by atoms with Crippen LogP contribution in [0.3, 0.4) is 0 Å². The highest BCUT2D eigenvalue weighted by Crippen LogP contribution is 2.25. The zero-order valence-electron chi connectivity index (χ0n) is 10.4. The molecule has 0 aliphatic rings. The van der Waals surface area contributed by atoms with Crippen LogP contribution in [0.5, 0.6) is 0 Å². The standard InChI is InChI=1S/C13H18N2OS/c1-9(2)8-16-15-10(3)13-14-11-6-4-5-7-12(11)17-13/h4-7,9-10,15H,8H2,1-3H3. The molecule has 1 atom stereocenters. The van der Waals surface area contributed by atoms with Gasteiger partial charge in [0.1, 0.15) is 5.01 Å². The molecule has 0 aliphatic carbocycles. The lowest BCUT2D eigenvalue weighted by Crippen LogP contribution is -2.21. The van der Waals surface area contributed by atoms with Gasteiger partial charge < -0.3 is 4.84 Å². The van der Waals surface area contributed by atoms with E-state index in [0.29, 0.717) is 5.92 Å². The molecule has 1 N–H and O–H groups in total. The smallest absolute Gasteiger partial charge is 0.113 e. The summed E-state index contributed by atoms with van der Waals surface area (Å²) in [7, 11) is 0. The number of para-hydroxylation sites is 1. The summed E-state index contributed by atoms with van der Waals surface area (Å²) < 4.78 is 1.22. The third-order valence-corrected chi connectivity index (χ3v) is 3.58. The lowest BCUT2D eigenvalue weighted by atomic mass is 10.2. The Kier molecular flexibility index (Phi) is 4.10. The van der Waals surface area contributed by atoms with Gasteiger partial charge >= 0.3 is 0 Å². The second kappa shape index (κ2) is 5.58. The molecule has 0 spiro atoms. The number of hydrogen-bond acceptors (Lipinski definition) is 4. The van der Waals surface area contributed by atoms with E-state index < -0.39 is 0 Å². The second-order valence-corrected chi connectivity index (χ2v) is 5.63. The summed E-state index contributed by atoms with van der Waals surface area (Å²) in [6.07, 6.45) is 0. The summed E-state index contributed by atoms with van der Waals surface area (Å²) in [5.41, 5.74) is 4.10. The summed E-state index contributed by atoms with van der Waals surface area (Å²) in [5.74, 6) is 0.532. The van der Waals surface area contributed by atoms with E-state index in [9.17, 15) is 0 Å². The summed E-state index contributed by atoms with van der Waals surface area (Å²) in [4.78, 5) is 10.0. The van der Waals surface area contributed by atoms with Crippen molar-refractivity contribution >= 4 is 21.6 Å². The Morgan fingerprint density at radius 2 is 2.06 bits per heavy atom. The summed E-state index contributed by atoms with van der Waals surface area (Å²) in [6.45, 7) is 7.04. The summed E-state index contributed by atoms with van der Waals surface area (Å²) >= 11 is 1.71. The van der Waals surface area contributed by atoms with Crippen molar-refractivity contribution in [1.82, 2.24) is 10.5 Å². The van der Waals surface area contributed by atoms with Gasteiger partial charge in [0.05, 0.1) is 22.9 Å². The van der Waals surface area contributed by atoms with Crippen LogP contribution in [0.15, 0.2) is 24.3 Å². The van der Waals surface area contributed by atoms with Crippen LogP contribution in [0.25, 0.3) is 10.2 Å². The highest BCUT2D eigenvalue weighted by Gasteiger charge is 2.11. The van der Waals surface area contributed by atoms with Crippen LogP contribution in [-0.2, 0) is 4.84 Å². The lowest BCUT2D eigenvalue weighted by Gasteiger charge is -2.12. The quantitative estimate of drug-likeness (QED) is 0.824. The first kappa shape index (κ1) is 12.5. The molecule has 0 bridgehead atoms. The normalized spacial score (nSPS) is 13.4. The zero-order chi connectivity index (χ0) is 12.3. The van der Waals surface area contributed by atoms with E-state index >= 15 is 0 Å². The van der Waals surface area contributed by atoms with Crippen molar-refractivity contribution in [3.05, 3.63) is 29.3 Å². The van der Waals surface area contributed by atoms with Crippen molar-refractivity contribution in [2.75, 3.05) is 6.61 Å². The van der Waals surface area contributed by atoms with Gasteiger partial charge in [0.2, 0.25) is 0 Å². The third kappa shape index (κ3) is 3.25. The molecule has 1 aromatic carbocycles. The highest BCUT2D eigenvalue weighted by molar-refractivity contribution is 7.18. The maximum atomic E-state index is 5.42. The van der Waals surface area contributed by atoms with Crippen LogP contribution in [0.1, 0.15) is 31.8 Å². The minimum Gasteiger partial charge on any atom is -0.301 e. The molecule has 1 unspecified atom stereocenters. The number of rotatable bonds is 5. The molecule has 0 saturated heterocycles. The van der Waals surface area contributed by atoms with Gasteiger partial charge in [-0.05, 0) is 25.0 Å². The summed E-state index contributed by atoms with van der Waals surface area (Å²) in [5, 5.41) is 1.06. The second-order valence-electron chi connectivity index (χ2n) is 4.56. The molecule has 17 heavy (non-hydrogen) atoms. The van der Waals surface area contributed by atoms with Crippen molar-refractivity contribution in [1.29, 1.82) is 0 Å². The molecule has 1 heterocycles. The first-order chi connectivity index (χ1) is 8.16. The van der Waals surface area contributed by atoms with Crippen LogP contribution in [0.4, 0.5) is 0 Å². The molecular formula is C13H18N2OS. The number of thiazole rings is 1. The number of nitrogens with zero attached hydrogens (tertiary/aromatic N) is 1. The average molecular weight is 250 g/mol. The Balaban J connectivity index is 2.01. The lowest BCUT2D eigenvalue weighted by molar-refractivity contribution is 0.00409. The van der Waals surface area contributed by atoms with E-state index in [1.165, 1.54) is 4.70 Å². The fraction of sp³-hybridized carbons (Fsp3) is 0.462. The molecule has 3 nitrogen and oxygen atoms in total. The van der Waals surface area contributed by atoms with Crippen molar-refractivity contribution in [3.63, 3.8) is 0 Å². The van der Waals surface area contributed by atoms with Crippen LogP contribution < -0.4 is 5.48 Å². The van der Waals surface area contributed by atoms with Crippen molar-refractivity contribution in [3.8, 4) is 0 Å². The molecule has 0 saturated carbocycles. The first-order valence-corrected chi connectivity index (χ1v) is 6.71. The van der Waals surface area contributed by atoms with Crippen molar-refractivity contribution < 1.29 is 4.84 Å². The van der Waals surface area contributed by atoms with E-state index in [4.69, 9.17) is 4.84 Å². The van der Waals surface area contributed by atoms with E-state index in [1.54, 1.807) is 11.3 Å². The molecule has 0 radical (unpaired) electrons. The maximum Gasteiger partial charge on any atom is 0.113 e. The fourth-order valence-corrected chi connectivity index (χ4v) is 2.42. The van der Waals surface area contributed by atoms with Crippen LogP contribution in [0.2, 0.25) is 0 Å². The van der Waals surface area contributed by atoms with Gasteiger partial charge in [-0.15, -0.1) is 11.3 Å². The Morgan fingerprint density at radius 1 is 1.29 bits per heavy atom. The summed E-state index contributed by atoms with van der Waals surface area (Å²) in [6, 6.07) is 8.32. The average Bonchev–Trinajstić information content (AvgIpc) is 2.71. The van der Waals surface area contributed by atoms with Gasteiger partial charge in [-0.3, -0.25) is 0 Å². The minimum atomic E-state index is 0.131. The number of hydrogen-bond donors (Lipinski definition) is 1. The predicted octanol–water partition coefficient (Wildman–Crippen LogP) is 3.53. The number of nitrogens with one attached hydrogen (secondary N) is 1. The SMILES string of the molecule is CC(C)CONC(C)c1nc2ccccc2s1. The largest absolute Gasteiger partial charge is 0.301 e.